The van der Waals surface area contributed by atoms with Gasteiger partial charge in [0.25, 0.3) is 0 Å². The zero-order valence-electron chi connectivity index (χ0n) is 22.2. The molecule has 0 N–H and O–H groups in total. The predicted octanol–water partition coefficient (Wildman–Crippen LogP) is 3.97. The molecule has 0 aliphatic carbocycles. The van der Waals surface area contributed by atoms with Gasteiger partial charge in [-0.2, -0.15) is 9.78 Å². The van der Waals surface area contributed by atoms with Crippen molar-refractivity contribution in [3.05, 3.63) is 60.2 Å². The van der Waals surface area contributed by atoms with E-state index in [0.29, 0.717) is 31.1 Å². The Kier molecular flexibility index (Phi) is 8.85. The summed E-state index contributed by atoms with van der Waals surface area (Å²) in [6.45, 7) is 5.35. The number of piperazine rings is 1. The number of carbonyl (C=O) groups is 2. The SMILES string of the molecule is C[S+]([O-])C(=O)OCN1C(=O)CCc2ccc(OCCCCN3CCN(c4cccc5ccccc45)CC3)nc21. The van der Waals surface area contributed by atoms with Gasteiger partial charge in [0.1, 0.15) is 12.1 Å². The second kappa shape index (κ2) is 12.7. The predicted molar refractivity (Wildman–Crippen MR) is 153 cm³/mol. The van der Waals surface area contributed by atoms with Gasteiger partial charge in [-0.25, -0.2) is 0 Å². The summed E-state index contributed by atoms with van der Waals surface area (Å²) in [5, 5.41) is 1.73. The molecule has 39 heavy (non-hydrogen) atoms. The summed E-state index contributed by atoms with van der Waals surface area (Å²) < 4.78 is 22.2. The number of ether oxygens (including phenoxy) is 2. The number of anilines is 2. The van der Waals surface area contributed by atoms with Crippen molar-refractivity contribution in [2.24, 2.45) is 0 Å². The molecule has 0 radical (unpaired) electrons. The molecule has 1 amide bonds. The van der Waals surface area contributed by atoms with E-state index < -0.39 is 16.5 Å². The minimum Gasteiger partial charge on any atom is -0.606 e. The highest BCUT2D eigenvalue weighted by Crippen LogP contribution is 2.29. The number of hydrogen-bond acceptors (Lipinski definition) is 8. The van der Waals surface area contributed by atoms with Crippen LogP contribution in [0.1, 0.15) is 24.8 Å². The molecule has 0 saturated carbocycles. The lowest BCUT2D eigenvalue weighted by molar-refractivity contribution is -0.119. The van der Waals surface area contributed by atoms with Crippen LogP contribution in [0, 0.1) is 0 Å². The molecular formula is C29H34N4O5S. The largest absolute Gasteiger partial charge is 0.606 e. The highest BCUT2D eigenvalue weighted by Gasteiger charge is 2.28. The molecule has 0 spiro atoms. The van der Waals surface area contributed by atoms with Crippen molar-refractivity contribution in [2.75, 3.05) is 62.1 Å². The number of aromatic nitrogens is 1. The maximum Gasteiger partial charge on any atom is 0.524 e. The van der Waals surface area contributed by atoms with Crippen molar-refractivity contribution < 1.29 is 23.6 Å². The van der Waals surface area contributed by atoms with Crippen molar-refractivity contribution in [3.8, 4) is 5.88 Å². The van der Waals surface area contributed by atoms with E-state index in [2.05, 4.69) is 57.2 Å². The maximum atomic E-state index is 12.4. The number of rotatable bonds is 9. The molecule has 206 valence electrons. The first-order valence-electron chi connectivity index (χ1n) is 13.4. The van der Waals surface area contributed by atoms with Crippen LogP contribution in [0.15, 0.2) is 54.6 Å². The third kappa shape index (κ3) is 6.63. The van der Waals surface area contributed by atoms with Crippen LogP contribution < -0.4 is 14.5 Å². The zero-order valence-corrected chi connectivity index (χ0v) is 23.0. The van der Waals surface area contributed by atoms with Gasteiger partial charge in [-0.05, 0) is 48.9 Å². The average Bonchev–Trinajstić information content (AvgIpc) is 2.96. The van der Waals surface area contributed by atoms with E-state index in [1.54, 1.807) is 0 Å². The normalized spacial score (nSPS) is 16.7. The summed E-state index contributed by atoms with van der Waals surface area (Å²) in [5.74, 6) is 0.674. The van der Waals surface area contributed by atoms with Gasteiger partial charge in [0.05, 0.1) is 17.8 Å². The highest BCUT2D eigenvalue weighted by atomic mass is 32.2. The van der Waals surface area contributed by atoms with Gasteiger partial charge in [0.2, 0.25) is 11.8 Å². The number of nitrogens with zero attached hydrogens (tertiary/aromatic N) is 4. The Morgan fingerprint density at radius 2 is 1.79 bits per heavy atom. The molecule has 0 bridgehead atoms. The molecule has 1 aromatic heterocycles. The maximum absolute atomic E-state index is 12.4. The van der Waals surface area contributed by atoms with E-state index in [4.69, 9.17) is 9.47 Å². The van der Waals surface area contributed by atoms with E-state index in [1.165, 1.54) is 27.6 Å². The number of aryl methyl sites for hydroxylation is 1. The zero-order chi connectivity index (χ0) is 27.2. The Balaban J connectivity index is 1.06. The lowest BCUT2D eigenvalue weighted by atomic mass is 10.1. The number of unbranched alkanes of at least 4 members (excludes halogenated alkanes) is 1. The Morgan fingerprint density at radius 3 is 2.62 bits per heavy atom. The third-order valence-corrected chi connectivity index (χ3v) is 7.83. The number of carbonyl (C=O) groups excluding carboxylic acids is 2. The minimum atomic E-state index is -1.76. The fraction of sp³-hybridized carbons (Fsp3) is 0.414. The summed E-state index contributed by atoms with van der Waals surface area (Å²) in [6, 6.07) is 18.8. The van der Waals surface area contributed by atoms with Crippen molar-refractivity contribution in [1.82, 2.24) is 9.88 Å². The van der Waals surface area contributed by atoms with Crippen LogP contribution in [0.25, 0.3) is 10.8 Å². The van der Waals surface area contributed by atoms with Gasteiger partial charge < -0.3 is 18.9 Å². The fourth-order valence-electron chi connectivity index (χ4n) is 5.11. The van der Waals surface area contributed by atoms with Gasteiger partial charge in [0, 0.05) is 49.7 Å². The van der Waals surface area contributed by atoms with Crippen LogP contribution in [-0.4, -0.2) is 78.0 Å². The first-order valence-corrected chi connectivity index (χ1v) is 14.9. The van der Waals surface area contributed by atoms with Crippen molar-refractivity contribution in [1.29, 1.82) is 0 Å². The topological polar surface area (TPSA) is 98.3 Å². The Morgan fingerprint density at radius 1 is 1.00 bits per heavy atom. The molecule has 10 heteroatoms. The molecule has 2 aliphatic rings. The van der Waals surface area contributed by atoms with Crippen LogP contribution >= 0.6 is 0 Å². The van der Waals surface area contributed by atoms with Crippen LogP contribution in [0.3, 0.4) is 0 Å². The van der Waals surface area contributed by atoms with Gasteiger partial charge in [-0.1, -0.05) is 36.4 Å². The standard InChI is InChI=1S/C29H34N4O5S/c1-39(36)29(35)38-21-33-27(34)14-12-23-11-13-26(30-28(23)33)37-20-5-4-15-31-16-18-32(19-17-31)25-10-6-8-22-7-2-3-9-24(22)25/h2-3,6-11,13H,4-5,12,14-21H2,1H3. The lowest BCUT2D eigenvalue weighted by Crippen LogP contribution is -2.46. The van der Waals surface area contributed by atoms with Gasteiger partial charge in [-0.3, -0.25) is 14.6 Å². The summed E-state index contributed by atoms with van der Waals surface area (Å²) in [4.78, 5) is 34.9. The third-order valence-electron chi connectivity index (χ3n) is 7.24. The van der Waals surface area contributed by atoms with E-state index in [0.717, 1.165) is 51.1 Å². The van der Waals surface area contributed by atoms with Gasteiger partial charge in [0.15, 0.2) is 6.73 Å². The molecule has 1 unspecified atom stereocenters. The minimum absolute atomic E-state index is 0.192. The number of benzene rings is 2. The summed E-state index contributed by atoms with van der Waals surface area (Å²) in [6.07, 6.45) is 4.03. The molecule has 2 aromatic carbocycles. The number of hydrogen-bond donors (Lipinski definition) is 0. The summed E-state index contributed by atoms with van der Waals surface area (Å²) in [5.41, 5.74) is 2.20. The number of pyridine rings is 1. The molecule has 1 fully saturated rings. The second-order valence-electron chi connectivity index (χ2n) is 9.81. The molecule has 1 saturated heterocycles. The van der Waals surface area contributed by atoms with Crippen molar-refractivity contribution in [2.45, 2.75) is 25.7 Å². The van der Waals surface area contributed by atoms with E-state index in [-0.39, 0.29) is 12.6 Å². The fourth-order valence-corrected chi connectivity index (χ4v) is 5.33. The Labute approximate surface area is 231 Å². The quantitative estimate of drug-likeness (QED) is 0.224. The number of amides is 1. The van der Waals surface area contributed by atoms with Crippen molar-refractivity contribution >= 4 is 44.7 Å². The molecule has 2 aliphatic heterocycles. The Bertz CT molecular complexity index is 1310. The monoisotopic (exact) mass is 550 g/mol. The van der Waals surface area contributed by atoms with Crippen LogP contribution in [0.2, 0.25) is 0 Å². The molecule has 3 aromatic rings. The number of fused-ring (bicyclic) bond motifs is 2. The van der Waals surface area contributed by atoms with E-state index in [1.807, 2.05) is 12.1 Å². The second-order valence-corrected chi connectivity index (χ2v) is 11.1. The first kappa shape index (κ1) is 27.2. The molecule has 3 heterocycles. The van der Waals surface area contributed by atoms with Crippen molar-refractivity contribution in [3.63, 3.8) is 0 Å². The Hall–Kier alpha value is -3.34. The first-order chi connectivity index (χ1) is 19.0. The summed E-state index contributed by atoms with van der Waals surface area (Å²) in [7, 11) is 0. The van der Waals surface area contributed by atoms with Crippen LogP contribution in [-0.2, 0) is 27.1 Å². The van der Waals surface area contributed by atoms with E-state index in [9.17, 15) is 14.1 Å². The van der Waals surface area contributed by atoms with Gasteiger partial charge in [-0.15, -0.1) is 0 Å². The van der Waals surface area contributed by atoms with Gasteiger partial charge >= 0.3 is 5.30 Å². The molecular weight excluding hydrogens is 516 g/mol. The lowest BCUT2D eigenvalue weighted by Gasteiger charge is -2.36. The highest BCUT2D eigenvalue weighted by molar-refractivity contribution is 8.05. The molecule has 5 rings (SSSR count). The van der Waals surface area contributed by atoms with E-state index >= 15 is 0 Å². The smallest absolute Gasteiger partial charge is 0.524 e. The average molecular weight is 551 g/mol. The summed E-state index contributed by atoms with van der Waals surface area (Å²) >= 11 is -1.76. The molecule has 9 nitrogen and oxygen atoms in total. The van der Waals surface area contributed by atoms with Crippen LogP contribution in [0.5, 0.6) is 5.88 Å². The molecule has 1 atom stereocenters. The van der Waals surface area contributed by atoms with Crippen LogP contribution in [0.4, 0.5) is 16.3 Å².